The van der Waals surface area contributed by atoms with Crippen molar-refractivity contribution in [2.45, 2.75) is 6.04 Å². The van der Waals surface area contributed by atoms with Gasteiger partial charge in [0, 0.05) is 12.6 Å². The van der Waals surface area contributed by atoms with Crippen molar-refractivity contribution in [1.82, 2.24) is 10.2 Å². The average molecular weight is 284 g/mol. The number of amides is 1. The number of furan rings is 1. The van der Waals surface area contributed by atoms with Crippen LogP contribution in [-0.4, -0.2) is 31.4 Å². The van der Waals surface area contributed by atoms with Crippen LogP contribution in [0.25, 0.3) is 6.08 Å². The lowest BCUT2D eigenvalue weighted by molar-refractivity contribution is -0.116. The first-order chi connectivity index (χ1) is 10.2. The molecule has 110 valence electrons. The van der Waals surface area contributed by atoms with E-state index in [-0.39, 0.29) is 11.9 Å². The normalized spacial score (nSPS) is 12.7. The summed E-state index contributed by atoms with van der Waals surface area (Å²) in [5.74, 6) is 0.534. The Hall–Kier alpha value is -2.33. The first-order valence-electron chi connectivity index (χ1n) is 6.87. The van der Waals surface area contributed by atoms with Crippen molar-refractivity contribution in [1.29, 1.82) is 0 Å². The van der Waals surface area contributed by atoms with Gasteiger partial charge in [-0.15, -0.1) is 0 Å². The van der Waals surface area contributed by atoms with Crippen molar-refractivity contribution in [3.8, 4) is 0 Å². The van der Waals surface area contributed by atoms with E-state index in [2.05, 4.69) is 22.3 Å². The molecule has 0 radical (unpaired) electrons. The van der Waals surface area contributed by atoms with Crippen LogP contribution in [0.3, 0.4) is 0 Å². The average Bonchev–Trinajstić information content (AvgIpc) is 2.99. The number of benzene rings is 1. The van der Waals surface area contributed by atoms with Crippen LogP contribution in [-0.2, 0) is 4.79 Å². The minimum absolute atomic E-state index is 0.130. The number of carbonyl (C=O) groups is 1. The molecule has 0 unspecified atom stereocenters. The quantitative estimate of drug-likeness (QED) is 0.830. The van der Waals surface area contributed by atoms with Crippen molar-refractivity contribution in [2.24, 2.45) is 0 Å². The number of nitrogens with zero attached hydrogens (tertiary/aromatic N) is 1. The second kappa shape index (κ2) is 7.45. The highest BCUT2D eigenvalue weighted by atomic mass is 16.3. The summed E-state index contributed by atoms with van der Waals surface area (Å²) in [5.41, 5.74) is 1.18. The van der Waals surface area contributed by atoms with Gasteiger partial charge in [0.15, 0.2) is 0 Å². The standard InChI is InChI=1S/C17H20N2O2/c1-19(2)16(14-7-4-3-5-8-14)13-18-17(20)11-10-15-9-6-12-21-15/h3-12,16H,13H2,1-2H3,(H,18,20)/b11-10+/t16-/m1/s1. The lowest BCUT2D eigenvalue weighted by Gasteiger charge is -2.24. The first-order valence-corrected chi connectivity index (χ1v) is 6.87. The van der Waals surface area contributed by atoms with Crippen LogP contribution in [0.1, 0.15) is 17.4 Å². The van der Waals surface area contributed by atoms with Crippen molar-refractivity contribution < 1.29 is 9.21 Å². The van der Waals surface area contributed by atoms with Crippen LogP contribution in [0.5, 0.6) is 0 Å². The Bertz CT molecular complexity index is 574. The topological polar surface area (TPSA) is 45.5 Å². The van der Waals surface area contributed by atoms with E-state index >= 15 is 0 Å². The molecule has 1 atom stereocenters. The maximum absolute atomic E-state index is 11.8. The Balaban J connectivity index is 1.92. The molecule has 1 aromatic heterocycles. The van der Waals surface area contributed by atoms with E-state index in [4.69, 9.17) is 4.42 Å². The summed E-state index contributed by atoms with van der Waals surface area (Å²) in [4.78, 5) is 13.9. The zero-order valence-electron chi connectivity index (χ0n) is 12.3. The number of hydrogen-bond donors (Lipinski definition) is 1. The molecule has 0 saturated heterocycles. The fraction of sp³-hybridized carbons (Fsp3) is 0.235. The summed E-state index contributed by atoms with van der Waals surface area (Å²) in [6.07, 6.45) is 4.72. The van der Waals surface area contributed by atoms with Crippen LogP contribution in [0, 0.1) is 0 Å². The summed E-state index contributed by atoms with van der Waals surface area (Å²) in [6.45, 7) is 0.554. The van der Waals surface area contributed by atoms with Crippen LogP contribution < -0.4 is 5.32 Å². The molecule has 0 aliphatic rings. The van der Waals surface area contributed by atoms with Crippen LogP contribution in [0.4, 0.5) is 0 Å². The minimum atomic E-state index is -0.130. The fourth-order valence-corrected chi connectivity index (χ4v) is 2.07. The first kappa shape index (κ1) is 15.1. The van der Waals surface area contributed by atoms with Crippen molar-refractivity contribution in [3.05, 3.63) is 66.1 Å². The van der Waals surface area contributed by atoms with E-state index in [9.17, 15) is 4.79 Å². The largest absolute Gasteiger partial charge is 0.465 e. The fourth-order valence-electron chi connectivity index (χ4n) is 2.07. The molecule has 0 fully saturated rings. The molecule has 0 bridgehead atoms. The molecule has 1 N–H and O–H groups in total. The highest BCUT2D eigenvalue weighted by Gasteiger charge is 2.14. The monoisotopic (exact) mass is 284 g/mol. The van der Waals surface area contributed by atoms with E-state index in [1.54, 1.807) is 24.5 Å². The van der Waals surface area contributed by atoms with Crippen molar-refractivity contribution in [3.63, 3.8) is 0 Å². The molecule has 0 aliphatic carbocycles. The molecule has 4 heteroatoms. The Morgan fingerprint density at radius 2 is 2.00 bits per heavy atom. The van der Waals surface area contributed by atoms with Crippen molar-refractivity contribution in [2.75, 3.05) is 20.6 Å². The van der Waals surface area contributed by atoms with Gasteiger partial charge in [0.05, 0.1) is 12.3 Å². The van der Waals surface area contributed by atoms with Crippen molar-refractivity contribution >= 4 is 12.0 Å². The zero-order valence-corrected chi connectivity index (χ0v) is 12.3. The minimum Gasteiger partial charge on any atom is -0.465 e. The molecule has 0 spiro atoms. The second-order valence-electron chi connectivity index (χ2n) is 4.98. The van der Waals surface area contributed by atoms with Gasteiger partial charge in [-0.3, -0.25) is 4.79 Å². The maximum atomic E-state index is 11.8. The molecule has 21 heavy (non-hydrogen) atoms. The Kier molecular flexibility index (Phi) is 5.35. The van der Waals surface area contributed by atoms with Crippen LogP contribution >= 0.6 is 0 Å². The predicted octanol–water partition coefficient (Wildman–Crippen LogP) is 2.71. The Labute approximate surface area is 125 Å². The van der Waals surface area contributed by atoms with Gasteiger partial charge in [-0.2, -0.15) is 0 Å². The van der Waals surface area contributed by atoms with Crippen LogP contribution in [0.2, 0.25) is 0 Å². The third-order valence-electron chi connectivity index (χ3n) is 3.22. The van der Waals surface area contributed by atoms with E-state index in [1.165, 1.54) is 11.6 Å². The van der Waals surface area contributed by atoms with E-state index < -0.39 is 0 Å². The van der Waals surface area contributed by atoms with Gasteiger partial charge in [-0.05, 0) is 37.9 Å². The van der Waals surface area contributed by atoms with Crippen LogP contribution in [0.15, 0.2) is 59.2 Å². The molecule has 0 aliphatic heterocycles. The number of hydrogen-bond acceptors (Lipinski definition) is 3. The summed E-state index contributed by atoms with van der Waals surface area (Å²) in [5, 5.41) is 2.92. The Morgan fingerprint density at radius 3 is 2.62 bits per heavy atom. The Morgan fingerprint density at radius 1 is 1.24 bits per heavy atom. The summed E-state index contributed by atoms with van der Waals surface area (Å²) < 4.78 is 5.14. The molecule has 0 saturated carbocycles. The highest BCUT2D eigenvalue weighted by molar-refractivity contribution is 5.91. The molecular weight excluding hydrogens is 264 g/mol. The van der Waals surface area contributed by atoms with Gasteiger partial charge in [0.25, 0.3) is 0 Å². The lowest BCUT2D eigenvalue weighted by Crippen LogP contribution is -2.33. The molecule has 1 heterocycles. The number of nitrogens with one attached hydrogen (secondary N) is 1. The van der Waals surface area contributed by atoms with Gasteiger partial charge in [-0.1, -0.05) is 30.3 Å². The van der Waals surface area contributed by atoms with Gasteiger partial charge < -0.3 is 14.6 Å². The molecule has 4 nitrogen and oxygen atoms in total. The summed E-state index contributed by atoms with van der Waals surface area (Å²) in [7, 11) is 4.00. The smallest absolute Gasteiger partial charge is 0.244 e. The zero-order chi connectivity index (χ0) is 15.1. The van der Waals surface area contributed by atoms with Gasteiger partial charge in [-0.25, -0.2) is 0 Å². The molecule has 1 amide bonds. The molecule has 2 aromatic rings. The number of rotatable bonds is 6. The van der Waals surface area contributed by atoms with E-state index in [0.29, 0.717) is 12.3 Å². The summed E-state index contributed by atoms with van der Waals surface area (Å²) >= 11 is 0. The van der Waals surface area contributed by atoms with E-state index in [0.717, 1.165) is 0 Å². The van der Waals surface area contributed by atoms with Gasteiger partial charge in [0.1, 0.15) is 5.76 Å². The maximum Gasteiger partial charge on any atom is 0.244 e. The lowest BCUT2D eigenvalue weighted by atomic mass is 10.1. The molecular formula is C17H20N2O2. The summed E-state index contributed by atoms with van der Waals surface area (Å²) in [6, 6.07) is 13.9. The number of carbonyl (C=O) groups excluding carboxylic acids is 1. The number of likely N-dealkylation sites (N-methyl/N-ethyl adjacent to an activating group) is 1. The van der Waals surface area contributed by atoms with E-state index in [1.807, 2.05) is 32.3 Å². The third kappa shape index (κ3) is 4.61. The SMILES string of the molecule is CN(C)[C@H](CNC(=O)/C=C/c1ccco1)c1ccccc1. The van der Waals surface area contributed by atoms with Gasteiger partial charge >= 0.3 is 0 Å². The van der Waals surface area contributed by atoms with Gasteiger partial charge in [0.2, 0.25) is 5.91 Å². The molecule has 1 aromatic carbocycles. The molecule has 2 rings (SSSR count). The second-order valence-corrected chi connectivity index (χ2v) is 4.98. The third-order valence-corrected chi connectivity index (χ3v) is 3.22. The predicted molar refractivity (Wildman–Crippen MR) is 83.6 cm³/mol. The highest BCUT2D eigenvalue weighted by Crippen LogP contribution is 2.16.